The van der Waals surface area contributed by atoms with Crippen LogP contribution in [0.25, 0.3) is 10.9 Å². The summed E-state index contributed by atoms with van der Waals surface area (Å²) in [6.45, 7) is 3.27. The molecule has 2 atom stereocenters. The number of aryl methyl sites for hydroxylation is 1. The Balaban J connectivity index is 1.38. The van der Waals surface area contributed by atoms with E-state index in [2.05, 4.69) is 46.3 Å². The molecule has 2 aliphatic rings. The molecule has 2 aliphatic heterocycles. The average molecular weight is 358 g/mol. The van der Waals surface area contributed by atoms with Crippen LogP contribution in [0.5, 0.6) is 11.5 Å². The molecule has 3 heterocycles. The Morgan fingerprint density at radius 3 is 2.70 bits per heavy atom. The van der Waals surface area contributed by atoms with Gasteiger partial charge in [0.2, 0.25) is 0 Å². The maximum absolute atomic E-state index is 6.19. The van der Waals surface area contributed by atoms with E-state index in [4.69, 9.17) is 4.74 Å². The van der Waals surface area contributed by atoms with Crippen LogP contribution < -0.4 is 4.74 Å². The molecule has 0 amide bonds. The highest BCUT2D eigenvalue weighted by molar-refractivity contribution is 5.84. The summed E-state index contributed by atoms with van der Waals surface area (Å²) in [6, 6.07) is 20.4. The van der Waals surface area contributed by atoms with Crippen LogP contribution in [0.4, 0.5) is 0 Å². The summed E-state index contributed by atoms with van der Waals surface area (Å²) < 4.78 is 6.19. The lowest BCUT2D eigenvalue weighted by atomic mass is 10.0. The topological polar surface area (TPSA) is 25.4 Å². The normalized spacial score (nSPS) is 22.7. The van der Waals surface area contributed by atoms with E-state index in [0.29, 0.717) is 6.04 Å². The molecule has 3 heteroatoms. The van der Waals surface area contributed by atoms with Gasteiger partial charge in [0.15, 0.2) is 5.75 Å². The summed E-state index contributed by atoms with van der Waals surface area (Å²) in [4.78, 5) is 7.40. The second kappa shape index (κ2) is 6.97. The van der Waals surface area contributed by atoms with Crippen molar-refractivity contribution in [1.82, 2.24) is 9.88 Å². The van der Waals surface area contributed by atoms with Crippen LogP contribution in [0.15, 0.2) is 54.6 Å². The Hall–Kier alpha value is -2.39. The molecule has 0 radical (unpaired) electrons. The van der Waals surface area contributed by atoms with E-state index in [-0.39, 0.29) is 0 Å². The number of piperidine rings is 1. The van der Waals surface area contributed by atoms with Crippen molar-refractivity contribution in [2.45, 2.75) is 51.1 Å². The number of nitrogens with zero attached hydrogens (tertiary/aromatic N) is 2. The minimum Gasteiger partial charge on any atom is -0.455 e. The molecule has 3 nitrogen and oxygen atoms in total. The second-order valence-corrected chi connectivity index (χ2v) is 7.93. The van der Waals surface area contributed by atoms with Crippen LogP contribution in [0.2, 0.25) is 0 Å². The molecule has 0 saturated carbocycles. The highest BCUT2D eigenvalue weighted by atomic mass is 16.5. The maximum atomic E-state index is 6.19. The monoisotopic (exact) mass is 358 g/mol. The molecule has 2 saturated heterocycles. The second-order valence-electron chi connectivity index (χ2n) is 7.93. The quantitative estimate of drug-likeness (QED) is 0.572. The van der Waals surface area contributed by atoms with Crippen molar-refractivity contribution in [2.75, 3.05) is 6.54 Å². The molecule has 0 unspecified atom stereocenters. The molecule has 3 aromatic rings. The first-order chi connectivity index (χ1) is 13.3. The van der Waals surface area contributed by atoms with Crippen LogP contribution >= 0.6 is 0 Å². The van der Waals surface area contributed by atoms with Crippen LogP contribution in [0, 0.1) is 6.92 Å². The number of fused-ring (bicyclic) bond motifs is 2. The number of pyridine rings is 1. The van der Waals surface area contributed by atoms with Crippen LogP contribution in [-0.2, 0) is 0 Å². The van der Waals surface area contributed by atoms with E-state index in [1.807, 2.05) is 25.1 Å². The maximum Gasteiger partial charge on any atom is 0.153 e. The fourth-order valence-corrected chi connectivity index (χ4v) is 4.80. The van der Waals surface area contributed by atoms with Gasteiger partial charge in [0.25, 0.3) is 0 Å². The largest absolute Gasteiger partial charge is 0.455 e. The van der Waals surface area contributed by atoms with Crippen molar-refractivity contribution in [1.29, 1.82) is 0 Å². The minimum absolute atomic E-state index is 0.589. The smallest absolute Gasteiger partial charge is 0.153 e. The van der Waals surface area contributed by atoms with Gasteiger partial charge in [-0.1, -0.05) is 36.8 Å². The zero-order chi connectivity index (χ0) is 18.2. The number of ether oxygens (including phenoxy) is 1. The van der Waals surface area contributed by atoms with Gasteiger partial charge >= 0.3 is 0 Å². The highest BCUT2D eigenvalue weighted by Crippen LogP contribution is 2.40. The van der Waals surface area contributed by atoms with E-state index in [9.17, 15) is 0 Å². The van der Waals surface area contributed by atoms with Gasteiger partial charge in [-0.05, 0) is 69.0 Å². The summed E-state index contributed by atoms with van der Waals surface area (Å²) in [7, 11) is 0. The summed E-state index contributed by atoms with van der Waals surface area (Å²) in [6.07, 6.45) is 6.77. The van der Waals surface area contributed by atoms with Crippen molar-refractivity contribution in [3.63, 3.8) is 0 Å². The molecule has 27 heavy (non-hydrogen) atoms. The predicted molar refractivity (Wildman–Crippen MR) is 109 cm³/mol. The third kappa shape index (κ3) is 3.21. The number of para-hydroxylation sites is 1. The number of hydrogen-bond donors (Lipinski definition) is 0. The van der Waals surface area contributed by atoms with Gasteiger partial charge in [0.05, 0.1) is 0 Å². The molecule has 0 spiro atoms. The van der Waals surface area contributed by atoms with Crippen LogP contribution in [0.1, 0.15) is 49.4 Å². The minimum atomic E-state index is 0.589. The van der Waals surface area contributed by atoms with Gasteiger partial charge in [-0.25, -0.2) is 4.98 Å². The Morgan fingerprint density at radius 2 is 1.81 bits per heavy atom. The Morgan fingerprint density at radius 1 is 0.926 bits per heavy atom. The molecule has 2 aromatic carbocycles. The molecule has 0 aliphatic carbocycles. The van der Waals surface area contributed by atoms with Gasteiger partial charge in [-0.15, -0.1) is 0 Å². The highest BCUT2D eigenvalue weighted by Gasteiger charge is 2.35. The van der Waals surface area contributed by atoms with Gasteiger partial charge in [-0.3, -0.25) is 4.90 Å². The first kappa shape index (κ1) is 16.8. The van der Waals surface area contributed by atoms with Gasteiger partial charge in [0.1, 0.15) is 11.3 Å². The molecule has 2 fully saturated rings. The lowest BCUT2D eigenvalue weighted by Crippen LogP contribution is -2.35. The third-order valence-electron chi connectivity index (χ3n) is 6.16. The van der Waals surface area contributed by atoms with Crippen molar-refractivity contribution in [3.8, 4) is 11.5 Å². The lowest BCUT2D eigenvalue weighted by Gasteiger charge is -2.34. The fraction of sp³-hybridized carbons (Fsp3) is 0.375. The summed E-state index contributed by atoms with van der Waals surface area (Å²) in [5, 5.41) is 1.11. The zero-order valence-electron chi connectivity index (χ0n) is 15.9. The summed E-state index contributed by atoms with van der Waals surface area (Å²) in [5.74, 6) is 1.70. The van der Waals surface area contributed by atoms with Crippen molar-refractivity contribution in [2.24, 2.45) is 0 Å². The predicted octanol–water partition coefficient (Wildman–Crippen LogP) is 6.02. The zero-order valence-corrected chi connectivity index (χ0v) is 15.9. The van der Waals surface area contributed by atoms with Crippen molar-refractivity contribution >= 4 is 10.9 Å². The number of benzene rings is 2. The van der Waals surface area contributed by atoms with E-state index in [1.54, 1.807) is 0 Å². The standard InChI is InChI=1S/C24H26N2O/c1-17-8-9-19-5-4-7-23(24(19)25-17)27-21-13-10-18(11-14-21)22-15-12-20-6-2-3-16-26(20)22/h4-5,7-11,13-14,20,22H,2-3,6,12,15-16H2,1H3/t20-,22-/m1/s1. The van der Waals surface area contributed by atoms with E-state index in [0.717, 1.165) is 34.1 Å². The summed E-state index contributed by atoms with van der Waals surface area (Å²) in [5.41, 5.74) is 3.36. The number of aromatic nitrogens is 1. The molecule has 1 aromatic heterocycles. The van der Waals surface area contributed by atoms with Crippen molar-refractivity contribution < 1.29 is 4.74 Å². The molecule has 0 bridgehead atoms. The number of hydrogen-bond acceptors (Lipinski definition) is 3. The molecule has 5 rings (SSSR count). The Kier molecular flexibility index (Phi) is 4.33. The number of rotatable bonds is 3. The lowest BCUT2D eigenvalue weighted by molar-refractivity contribution is 0.150. The van der Waals surface area contributed by atoms with Crippen molar-refractivity contribution in [3.05, 3.63) is 65.9 Å². The Bertz CT molecular complexity index is 950. The van der Waals surface area contributed by atoms with Gasteiger partial charge in [-0.2, -0.15) is 0 Å². The van der Waals surface area contributed by atoms with Gasteiger partial charge in [0, 0.05) is 23.2 Å². The van der Waals surface area contributed by atoms with E-state index < -0.39 is 0 Å². The SMILES string of the molecule is Cc1ccc2cccc(Oc3ccc([C@H]4CC[C@H]5CCCCN54)cc3)c2n1. The van der Waals surface area contributed by atoms with E-state index >= 15 is 0 Å². The first-order valence-electron chi connectivity index (χ1n) is 10.2. The fourth-order valence-electron chi connectivity index (χ4n) is 4.80. The molecular formula is C24H26N2O. The molecular weight excluding hydrogens is 332 g/mol. The molecule has 0 N–H and O–H groups in total. The van der Waals surface area contributed by atoms with Gasteiger partial charge < -0.3 is 4.74 Å². The third-order valence-corrected chi connectivity index (χ3v) is 6.16. The summed E-state index contributed by atoms with van der Waals surface area (Å²) >= 11 is 0. The van der Waals surface area contributed by atoms with Crippen LogP contribution in [0.3, 0.4) is 0 Å². The average Bonchev–Trinajstić information content (AvgIpc) is 3.13. The van der Waals surface area contributed by atoms with Crippen LogP contribution in [-0.4, -0.2) is 22.5 Å². The first-order valence-corrected chi connectivity index (χ1v) is 10.2. The Labute approximate surface area is 161 Å². The molecule has 138 valence electrons. The van der Waals surface area contributed by atoms with E-state index in [1.165, 1.54) is 44.2 Å².